The number of para-hydroxylation sites is 1. The number of benzene rings is 1. The Morgan fingerprint density at radius 1 is 1.26 bits per heavy atom. The zero-order chi connectivity index (χ0) is 16.4. The van der Waals surface area contributed by atoms with Crippen LogP contribution in [-0.4, -0.2) is 64.6 Å². The molecule has 1 aliphatic rings. The molecular formula is C18H25N3O2. The van der Waals surface area contributed by atoms with Crippen LogP contribution in [0.2, 0.25) is 0 Å². The first-order chi connectivity index (χ1) is 11.1. The molecular weight excluding hydrogens is 290 g/mol. The number of nitrogens with zero attached hydrogens (tertiary/aromatic N) is 2. The lowest BCUT2D eigenvalue weighted by atomic mass is 10.1. The number of aliphatic hydroxyl groups is 1. The summed E-state index contributed by atoms with van der Waals surface area (Å²) in [4.78, 5) is 20.4. The van der Waals surface area contributed by atoms with Crippen LogP contribution in [0.5, 0.6) is 0 Å². The summed E-state index contributed by atoms with van der Waals surface area (Å²) in [6.45, 7) is 7.73. The van der Waals surface area contributed by atoms with Gasteiger partial charge in [0.25, 0.3) is 5.91 Å². The van der Waals surface area contributed by atoms with Gasteiger partial charge in [-0.15, -0.1) is 0 Å². The second-order valence-electron chi connectivity index (χ2n) is 6.33. The van der Waals surface area contributed by atoms with Gasteiger partial charge in [-0.25, -0.2) is 0 Å². The van der Waals surface area contributed by atoms with Crippen LogP contribution in [0.3, 0.4) is 0 Å². The molecule has 1 aliphatic heterocycles. The zero-order valence-corrected chi connectivity index (χ0v) is 13.9. The van der Waals surface area contributed by atoms with E-state index in [1.807, 2.05) is 43.0 Å². The molecule has 0 aliphatic carbocycles. The molecule has 1 atom stereocenters. The summed E-state index contributed by atoms with van der Waals surface area (Å²) in [5.41, 5.74) is 2.74. The van der Waals surface area contributed by atoms with Crippen molar-refractivity contribution in [2.75, 3.05) is 32.7 Å². The summed E-state index contributed by atoms with van der Waals surface area (Å²) in [6, 6.07) is 7.95. The number of H-pyrrole nitrogens is 1. The largest absolute Gasteiger partial charge is 0.392 e. The zero-order valence-electron chi connectivity index (χ0n) is 13.9. The summed E-state index contributed by atoms with van der Waals surface area (Å²) in [6.07, 6.45) is 0.501. The highest BCUT2D eigenvalue weighted by Gasteiger charge is 2.26. The minimum atomic E-state index is -0.270. The molecule has 2 N–H and O–H groups in total. The lowest BCUT2D eigenvalue weighted by molar-refractivity contribution is 0.0525. The Morgan fingerprint density at radius 3 is 2.65 bits per heavy atom. The number of fused-ring (bicyclic) bond motifs is 1. The van der Waals surface area contributed by atoms with Crippen molar-refractivity contribution in [3.05, 3.63) is 35.5 Å². The standard InChI is InChI=1S/C18H25N3O2/c1-3-14(22)12-20-8-10-21(11-9-20)18(23)17-13(2)19-16-7-5-4-6-15(16)17/h4-7,14,19,22H,3,8-12H2,1-2H3. The van der Waals surface area contributed by atoms with Gasteiger partial charge in [-0.1, -0.05) is 25.1 Å². The number of carbonyl (C=O) groups is 1. The summed E-state index contributed by atoms with van der Waals surface area (Å²) in [5.74, 6) is 0.107. The molecule has 0 saturated carbocycles. The SMILES string of the molecule is CCC(O)CN1CCN(C(=O)c2c(C)[nH]c3ccccc23)CC1. The Kier molecular flexibility index (Phi) is 4.68. The van der Waals surface area contributed by atoms with Gasteiger partial charge in [0.05, 0.1) is 11.7 Å². The van der Waals surface area contributed by atoms with Crippen molar-refractivity contribution in [3.63, 3.8) is 0 Å². The van der Waals surface area contributed by atoms with Crippen LogP contribution in [-0.2, 0) is 0 Å². The molecule has 2 heterocycles. The molecule has 1 saturated heterocycles. The van der Waals surface area contributed by atoms with Crippen molar-refractivity contribution < 1.29 is 9.90 Å². The van der Waals surface area contributed by atoms with Crippen LogP contribution < -0.4 is 0 Å². The summed E-state index contributed by atoms with van der Waals surface area (Å²) in [5, 5.41) is 10.8. The van der Waals surface area contributed by atoms with Crippen molar-refractivity contribution in [1.29, 1.82) is 0 Å². The van der Waals surface area contributed by atoms with Gasteiger partial charge in [0.15, 0.2) is 0 Å². The van der Waals surface area contributed by atoms with E-state index in [-0.39, 0.29) is 12.0 Å². The van der Waals surface area contributed by atoms with Crippen LogP contribution >= 0.6 is 0 Å². The smallest absolute Gasteiger partial charge is 0.256 e. The maximum Gasteiger partial charge on any atom is 0.256 e. The van der Waals surface area contributed by atoms with E-state index < -0.39 is 0 Å². The number of aryl methyl sites for hydroxylation is 1. The van der Waals surface area contributed by atoms with E-state index >= 15 is 0 Å². The van der Waals surface area contributed by atoms with Crippen LogP contribution in [0.25, 0.3) is 10.9 Å². The molecule has 124 valence electrons. The number of aromatic amines is 1. The average molecular weight is 315 g/mol. The maximum atomic E-state index is 12.9. The van der Waals surface area contributed by atoms with Crippen molar-refractivity contribution in [2.45, 2.75) is 26.4 Å². The number of carbonyl (C=O) groups excluding carboxylic acids is 1. The topological polar surface area (TPSA) is 59.6 Å². The second-order valence-corrected chi connectivity index (χ2v) is 6.33. The van der Waals surface area contributed by atoms with Crippen LogP contribution in [0.15, 0.2) is 24.3 Å². The van der Waals surface area contributed by atoms with Crippen LogP contribution in [0.1, 0.15) is 29.4 Å². The monoisotopic (exact) mass is 315 g/mol. The minimum Gasteiger partial charge on any atom is -0.392 e. The third-order valence-corrected chi connectivity index (χ3v) is 4.71. The molecule has 1 aromatic heterocycles. The van der Waals surface area contributed by atoms with Gasteiger partial charge >= 0.3 is 0 Å². The number of aromatic nitrogens is 1. The molecule has 5 nitrogen and oxygen atoms in total. The first kappa shape index (κ1) is 16.0. The number of nitrogens with one attached hydrogen (secondary N) is 1. The Hall–Kier alpha value is -1.85. The third-order valence-electron chi connectivity index (χ3n) is 4.71. The Morgan fingerprint density at radius 2 is 1.96 bits per heavy atom. The minimum absolute atomic E-state index is 0.107. The number of hydrogen-bond donors (Lipinski definition) is 2. The quantitative estimate of drug-likeness (QED) is 0.907. The van der Waals surface area contributed by atoms with Crippen molar-refractivity contribution >= 4 is 16.8 Å². The van der Waals surface area contributed by atoms with Gasteiger partial charge in [-0.3, -0.25) is 9.69 Å². The predicted molar refractivity (Wildman–Crippen MR) is 91.7 cm³/mol. The van der Waals surface area contributed by atoms with E-state index in [1.165, 1.54) is 0 Å². The van der Waals surface area contributed by atoms with Crippen molar-refractivity contribution in [2.24, 2.45) is 0 Å². The van der Waals surface area contributed by atoms with E-state index in [4.69, 9.17) is 0 Å². The summed E-state index contributed by atoms with van der Waals surface area (Å²) in [7, 11) is 0. The molecule has 0 radical (unpaired) electrons. The molecule has 1 aromatic carbocycles. The van der Waals surface area contributed by atoms with E-state index in [2.05, 4.69) is 9.88 Å². The fourth-order valence-electron chi connectivity index (χ4n) is 3.27. The van der Waals surface area contributed by atoms with Gasteiger partial charge in [0, 0.05) is 49.3 Å². The van der Waals surface area contributed by atoms with Gasteiger partial charge in [0.1, 0.15) is 0 Å². The van der Waals surface area contributed by atoms with E-state index in [1.54, 1.807) is 0 Å². The summed E-state index contributed by atoms with van der Waals surface area (Å²) < 4.78 is 0. The first-order valence-electron chi connectivity index (χ1n) is 8.37. The molecule has 2 aromatic rings. The average Bonchev–Trinajstić information content (AvgIpc) is 2.90. The van der Waals surface area contributed by atoms with Crippen molar-refractivity contribution in [1.82, 2.24) is 14.8 Å². The maximum absolute atomic E-state index is 12.9. The van der Waals surface area contributed by atoms with E-state index in [0.29, 0.717) is 19.6 Å². The summed E-state index contributed by atoms with van der Waals surface area (Å²) >= 11 is 0. The molecule has 3 rings (SSSR count). The highest BCUT2D eigenvalue weighted by atomic mass is 16.3. The fourth-order valence-corrected chi connectivity index (χ4v) is 3.27. The van der Waals surface area contributed by atoms with Gasteiger partial charge in [0.2, 0.25) is 0 Å². The van der Waals surface area contributed by atoms with Gasteiger partial charge in [-0.05, 0) is 19.4 Å². The van der Waals surface area contributed by atoms with Crippen LogP contribution in [0, 0.1) is 6.92 Å². The first-order valence-corrected chi connectivity index (χ1v) is 8.37. The van der Waals surface area contributed by atoms with E-state index in [0.717, 1.165) is 41.7 Å². The second kappa shape index (κ2) is 6.72. The molecule has 0 spiro atoms. The number of amides is 1. The number of rotatable bonds is 4. The number of piperazine rings is 1. The predicted octanol–water partition coefficient (Wildman–Crippen LogP) is 2.01. The molecule has 23 heavy (non-hydrogen) atoms. The van der Waals surface area contributed by atoms with E-state index in [9.17, 15) is 9.90 Å². The van der Waals surface area contributed by atoms with Crippen LogP contribution in [0.4, 0.5) is 0 Å². The molecule has 1 unspecified atom stereocenters. The Balaban J connectivity index is 1.71. The fraction of sp³-hybridized carbons (Fsp3) is 0.500. The Bertz CT molecular complexity index is 687. The molecule has 5 heteroatoms. The lowest BCUT2D eigenvalue weighted by Crippen LogP contribution is -2.50. The van der Waals surface area contributed by atoms with Gasteiger partial charge < -0.3 is 15.0 Å². The normalized spacial score (nSPS) is 17.6. The molecule has 1 amide bonds. The van der Waals surface area contributed by atoms with Gasteiger partial charge in [-0.2, -0.15) is 0 Å². The number of aliphatic hydroxyl groups excluding tert-OH is 1. The highest BCUT2D eigenvalue weighted by Crippen LogP contribution is 2.23. The number of hydrogen-bond acceptors (Lipinski definition) is 3. The third kappa shape index (κ3) is 3.26. The van der Waals surface area contributed by atoms with Crippen molar-refractivity contribution in [3.8, 4) is 0 Å². The number of β-amino-alcohol motifs (C(OH)–C–C–N with tert-alkyl or cyclic N) is 1. The molecule has 0 bridgehead atoms. The Labute approximate surface area is 136 Å². The lowest BCUT2D eigenvalue weighted by Gasteiger charge is -2.35. The highest BCUT2D eigenvalue weighted by molar-refractivity contribution is 6.08. The molecule has 1 fully saturated rings.